The first kappa shape index (κ1) is 44.6. The highest BCUT2D eigenvalue weighted by Gasteiger charge is 2.35. The van der Waals surface area contributed by atoms with E-state index >= 15 is 0 Å². The molecule has 1 unspecified atom stereocenters. The standard InChI is InChI=1S/C41H63N3O10S/c1-4-5-18-36(41(49)43-37(23-30-12-7-6-8-13-30)39(47)38(46)25-44-19-21-53-22-20-44)42-40(48)33(24-32-16-11-15-31-14-9-10-17-35(31)32)27-55(50,51)28-34(52-3)26-54-29(2)45/h9-11,14-17,30,33-34,36-39,46-47H,4-8,12-13,18-28H2,1-3H3,(H,42,48)(H,43,49)/t33-,34?,36+,37+,38+,39-/m1/s1. The molecule has 4 N–H and O–H groups in total. The number of carbonyl (C=O) groups is 3. The average Bonchev–Trinajstić information content (AvgIpc) is 3.17. The maximum Gasteiger partial charge on any atom is 0.302 e. The second kappa shape index (κ2) is 22.6. The number of unbranched alkanes of at least 4 members (excludes halogenated alkanes) is 1. The van der Waals surface area contributed by atoms with Crippen LogP contribution in [0.1, 0.15) is 77.2 Å². The largest absolute Gasteiger partial charge is 0.463 e. The molecule has 4 rings (SSSR count). The third kappa shape index (κ3) is 14.7. The molecule has 308 valence electrons. The molecule has 1 heterocycles. The minimum Gasteiger partial charge on any atom is -0.463 e. The number of ether oxygens (including phenoxy) is 3. The van der Waals surface area contributed by atoms with Crippen LogP contribution >= 0.6 is 0 Å². The molecule has 1 aliphatic heterocycles. The molecule has 0 bridgehead atoms. The van der Waals surface area contributed by atoms with Gasteiger partial charge in [0.15, 0.2) is 9.84 Å². The summed E-state index contributed by atoms with van der Waals surface area (Å²) in [5.74, 6) is -3.42. The fraction of sp³-hybridized carbons (Fsp3) is 0.683. The molecule has 2 aromatic carbocycles. The minimum absolute atomic E-state index is 0.0902. The zero-order valence-corrected chi connectivity index (χ0v) is 33.6. The number of nitrogens with zero attached hydrogens (tertiary/aromatic N) is 1. The van der Waals surface area contributed by atoms with Crippen LogP contribution in [0, 0.1) is 11.8 Å². The summed E-state index contributed by atoms with van der Waals surface area (Å²) in [6.45, 7) is 5.58. The highest BCUT2D eigenvalue weighted by atomic mass is 32.2. The van der Waals surface area contributed by atoms with Crippen molar-refractivity contribution in [2.75, 3.05) is 58.1 Å². The summed E-state index contributed by atoms with van der Waals surface area (Å²) in [4.78, 5) is 41.9. The third-order valence-electron chi connectivity index (χ3n) is 10.9. The van der Waals surface area contributed by atoms with E-state index in [0.29, 0.717) is 45.6 Å². The van der Waals surface area contributed by atoms with Gasteiger partial charge in [-0.2, -0.15) is 0 Å². The second-order valence-corrected chi connectivity index (χ2v) is 17.5. The molecule has 2 aromatic rings. The maximum atomic E-state index is 14.3. The Balaban J connectivity index is 1.57. The van der Waals surface area contributed by atoms with Crippen molar-refractivity contribution in [1.82, 2.24) is 15.5 Å². The number of hydrogen-bond acceptors (Lipinski definition) is 11. The molecule has 0 aromatic heterocycles. The normalized spacial score (nSPS) is 19.1. The fourth-order valence-electron chi connectivity index (χ4n) is 7.76. The number of sulfone groups is 1. The number of aliphatic hydroxyl groups excluding tert-OH is 2. The number of amides is 2. The lowest BCUT2D eigenvalue weighted by molar-refractivity contribution is -0.144. The quantitative estimate of drug-likeness (QED) is 0.129. The molecular formula is C41H63N3O10S. The topological polar surface area (TPSA) is 181 Å². The van der Waals surface area contributed by atoms with Crippen molar-refractivity contribution in [3.05, 3.63) is 48.0 Å². The van der Waals surface area contributed by atoms with Gasteiger partial charge in [-0.25, -0.2) is 8.42 Å². The first-order chi connectivity index (χ1) is 26.4. The monoisotopic (exact) mass is 789 g/mol. The Morgan fingerprint density at radius 3 is 2.36 bits per heavy atom. The molecule has 2 aliphatic rings. The number of benzene rings is 2. The predicted octanol–water partition coefficient (Wildman–Crippen LogP) is 3.18. The van der Waals surface area contributed by atoms with Gasteiger partial charge in [0, 0.05) is 33.7 Å². The number of carbonyl (C=O) groups excluding carboxylic acids is 3. The summed E-state index contributed by atoms with van der Waals surface area (Å²) in [6.07, 6.45) is 4.23. The van der Waals surface area contributed by atoms with E-state index < -0.39 is 75.4 Å². The van der Waals surface area contributed by atoms with E-state index in [4.69, 9.17) is 14.2 Å². The number of nitrogens with one attached hydrogen (secondary N) is 2. The first-order valence-electron chi connectivity index (χ1n) is 20.0. The summed E-state index contributed by atoms with van der Waals surface area (Å²) in [5, 5.41) is 30.5. The number of esters is 1. The zero-order valence-electron chi connectivity index (χ0n) is 32.8. The SMILES string of the molecule is CCCC[C@H](NC(=O)[C@H](Cc1cccc2ccccc12)CS(=O)(=O)CC(COC(C)=O)OC)C(=O)N[C@@H](CC1CCCCC1)[C@@H](O)[C@@H](O)CN1CCOCC1. The van der Waals surface area contributed by atoms with Gasteiger partial charge in [0.25, 0.3) is 0 Å². The van der Waals surface area contributed by atoms with E-state index in [1.807, 2.05) is 54.3 Å². The smallest absolute Gasteiger partial charge is 0.302 e. The Bertz CT molecular complexity index is 1610. The lowest BCUT2D eigenvalue weighted by Gasteiger charge is -2.35. The molecule has 13 nitrogen and oxygen atoms in total. The van der Waals surface area contributed by atoms with E-state index in [0.717, 1.165) is 54.9 Å². The van der Waals surface area contributed by atoms with Crippen molar-refractivity contribution < 1.29 is 47.2 Å². The highest BCUT2D eigenvalue weighted by molar-refractivity contribution is 7.91. The molecule has 1 saturated carbocycles. The van der Waals surface area contributed by atoms with Crippen LogP contribution in [0.3, 0.4) is 0 Å². The molecule has 55 heavy (non-hydrogen) atoms. The van der Waals surface area contributed by atoms with Crippen LogP contribution in [0.25, 0.3) is 10.8 Å². The molecule has 1 aliphatic carbocycles. The molecule has 0 radical (unpaired) electrons. The molecule has 6 atom stereocenters. The van der Waals surface area contributed by atoms with Gasteiger partial charge in [0.05, 0.1) is 42.8 Å². The predicted molar refractivity (Wildman–Crippen MR) is 211 cm³/mol. The molecule has 1 saturated heterocycles. The number of methoxy groups -OCH3 is 1. The van der Waals surface area contributed by atoms with Gasteiger partial charge in [0.1, 0.15) is 24.9 Å². The van der Waals surface area contributed by atoms with Crippen molar-refractivity contribution in [2.45, 2.75) is 108 Å². The van der Waals surface area contributed by atoms with Crippen molar-refractivity contribution in [2.24, 2.45) is 11.8 Å². The van der Waals surface area contributed by atoms with Gasteiger partial charge >= 0.3 is 5.97 Å². The van der Waals surface area contributed by atoms with Crippen LogP contribution in [0.4, 0.5) is 0 Å². The summed E-state index contributed by atoms with van der Waals surface area (Å²) in [6, 6.07) is 11.6. The van der Waals surface area contributed by atoms with E-state index in [9.17, 15) is 33.0 Å². The number of β-amino-alcohol motifs (C(OH)–C–C–N with tert-alkyl or cyclic N) is 1. The zero-order chi connectivity index (χ0) is 39.8. The number of aliphatic hydroxyl groups is 2. The van der Waals surface area contributed by atoms with Crippen molar-refractivity contribution >= 4 is 38.4 Å². The third-order valence-corrected chi connectivity index (χ3v) is 12.7. The summed E-state index contributed by atoms with van der Waals surface area (Å²) >= 11 is 0. The summed E-state index contributed by atoms with van der Waals surface area (Å²) in [5.41, 5.74) is 0.788. The van der Waals surface area contributed by atoms with Gasteiger partial charge in [-0.05, 0) is 41.5 Å². The lowest BCUT2D eigenvalue weighted by atomic mass is 9.83. The van der Waals surface area contributed by atoms with E-state index in [-0.39, 0.29) is 25.5 Å². The van der Waals surface area contributed by atoms with Gasteiger partial charge in [0.2, 0.25) is 11.8 Å². The average molecular weight is 790 g/mol. The Morgan fingerprint density at radius 2 is 1.67 bits per heavy atom. The Morgan fingerprint density at radius 1 is 0.964 bits per heavy atom. The summed E-state index contributed by atoms with van der Waals surface area (Å²) in [7, 11) is -2.62. The van der Waals surface area contributed by atoms with Gasteiger partial charge < -0.3 is 35.1 Å². The van der Waals surface area contributed by atoms with Crippen LogP contribution in [0.5, 0.6) is 0 Å². The number of hydrogen-bond donors (Lipinski definition) is 4. The lowest BCUT2D eigenvalue weighted by Crippen LogP contribution is -2.57. The summed E-state index contributed by atoms with van der Waals surface area (Å²) < 4.78 is 43.1. The number of morpholine rings is 1. The van der Waals surface area contributed by atoms with Crippen LogP contribution in [-0.2, 0) is 44.9 Å². The van der Waals surface area contributed by atoms with Crippen molar-refractivity contribution in [1.29, 1.82) is 0 Å². The van der Waals surface area contributed by atoms with Crippen LogP contribution < -0.4 is 10.6 Å². The van der Waals surface area contributed by atoms with Crippen molar-refractivity contribution in [3.8, 4) is 0 Å². The molecule has 2 fully saturated rings. The number of rotatable bonds is 22. The van der Waals surface area contributed by atoms with Gasteiger partial charge in [-0.1, -0.05) is 94.3 Å². The Labute approximate surface area is 326 Å². The second-order valence-electron chi connectivity index (χ2n) is 15.3. The molecule has 0 spiro atoms. The first-order valence-corrected chi connectivity index (χ1v) is 21.8. The molecular weight excluding hydrogens is 727 g/mol. The molecule has 14 heteroatoms. The van der Waals surface area contributed by atoms with Gasteiger partial charge in [-0.15, -0.1) is 0 Å². The van der Waals surface area contributed by atoms with Crippen LogP contribution in [0.15, 0.2) is 42.5 Å². The Hall–Kier alpha value is -3.14. The Kier molecular flexibility index (Phi) is 18.3. The number of fused-ring (bicyclic) bond motifs is 1. The van der Waals surface area contributed by atoms with Crippen molar-refractivity contribution in [3.63, 3.8) is 0 Å². The highest BCUT2D eigenvalue weighted by Crippen LogP contribution is 2.29. The van der Waals surface area contributed by atoms with E-state index in [1.54, 1.807) is 0 Å². The minimum atomic E-state index is -3.95. The van der Waals surface area contributed by atoms with Gasteiger partial charge in [-0.3, -0.25) is 19.3 Å². The maximum absolute atomic E-state index is 14.3. The molecule has 2 amide bonds. The van der Waals surface area contributed by atoms with E-state index in [2.05, 4.69) is 10.6 Å². The van der Waals surface area contributed by atoms with E-state index in [1.165, 1.54) is 14.0 Å². The fourth-order valence-corrected chi connectivity index (χ4v) is 9.57. The van der Waals surface area contributed by atoms with Crippen LogP contribution in [0.2, 0.25) is 0 Å². The van der Waals surface area contributed by atoms with Crippen LogP contribution in [-0.4, -0.2) is 130 Å².